The molecule has 5 nitrogen and oxygen atoms in total. The van der Waals surface area contributed by atoms with Crippen molar-refractivity contribution in [2.75, 3.05) is 0 Å². The Morgan fingerprint density at radius 2 is 2.00 bits per heavy atom. The number of amides is 1. The number of thiophene rings is 1. The molecule has 24 heavy (non-hydrogen) atoms. The van der Waals surface area contributed by atoms with E-state index in [0.29, 0.717) is 12.3 Å². The number of ether oxygens (including phenoxy) is 1. The number of carbonyl (C=O) groups is 1. The third kappa shape index (κ3) is 3.97. The van der Waals surface area contributed by atoms with Gasteiger partial charge < -0.3 is 10.1 Å². The Morgan fingerprint density at radius 1 is 1.21 bits per heavy atom. The van der Waals surface area contributed by atoms with Crippen LogP contribution in [0.15, 0.2) is 59.6 Å². The Hall–Kier alpha value is -2.73. The SMILES string of the molecule is C[C@H](Oc1ccccc1)C(=O)NCc1nccnc1-c1ccsc1. The molecule has 0 bridgehead atoms. The molecule has 6 heteroatoms. The molecule has 3 rings (SSSR count). The number of nitrogens with zero attached hydrogens (tertiary/aromatic N) is 2. The van der Waals surface area contributed by atoms with Crippen molar-refractivity contribution in [1.29, 1.82) is 0 Å². The number of hydrogen-bond donors (Lipinski definition) is 1. The fourth-order valence-electron chi connectivity index (χ4n) is 2.21. The van der Waals surface area contributed by atoms with Crippen LogP contribution in [0.1, 0.15) is 12.6 Å². The number of para-hydroxylation sites is 1. The Kier molecular flexibility index (Phi) is 5.18. The molecule has 122 valence electrons. The average Bonchev–Trinajstić information content (AvgIpc) is 3.15. The molecule has 2 aromatic heterocycles. The quantitative estimate of drug-likeness (QED) is 0.748. The molecule has 0 aliphatic rings. The lowest BCUT2D eigenvalue weighted by molar-refractivity contribution is -0.127. The average molecular weight is 339 g/mol. The zero-order valence-corrected chi connectivity index (χ0v) is 14.0. The van der Waals surface area contributed by atoms with Gasteiger partial charge in [-0.1, -0.05) is 18.2 Å². The predicted molar refractivity (Wildman–Crippen MR) is 93.7 cm³/mol. The summed E-state index contributed by atoms with van der Waals surface area (Å²) in [6.07, 6.45) is 2.69. The van der Waals surface area contributed by atoms with E-state index in [1.165, 1.54) is 0 Å². The lowest BCUT2D eigenvalue weighted by atomic mass is 10.2. The molecule has 1 atom stereocenters. The van der Waals surface area contributed by atoms with Crippen molar-refractivity contribution < 1.29 is 9.53 Å². The number of benzene rings is 1. The van der Waals surface area contributed by atoms with Gasteiger partial charge in [0.1, 0.15) is 5.75 Å². The molecular weight excluding hydrogens is 322 g/mol. The van der Waals surface area contributed by atoms with Crippen LogP contribution in [0.25, 0.3) is 11.3 Å². The summed E-state index contributed by atoms with van der Waals surface area (Å²) in [5.74, 6) is 0.472. The lowest BCUT2D eigenvalue weighted by Crippen LogP contribution is -2.36. The first-order valence-electron chi connectivity index (χ1n) is 7.56. The van der Waals surface area contributed by atoms with Crippen molar-refractivity contribution in [2.24, 2.45) is 0 Å². The van der Waals surface area contributed by atoms with E-state index >= 15 is 0 Å². The molecule has 0 fully saturated rings. The van der Waals surface area contributed by atoms with Crippen molar-refractivity contribution in [2.45, 2.75) is 19.6 Å². The second-order valence-electron chi connectivity index (χ2n) is 5.15. The summed E-state index contributed by atoms with van der Waals surface area (Å²) < 4.78 is 5.62. The maximum atomic E-state index is 12.2. The number of rotatable bonds is 6. The largest absolute Gasteiger partial charge is 0.481 e. The van der Waals surface area contributed by atoms with Gasteiger partial charge >= 0.3 is 0 Å². The van der Waals surface area contributed by atoms with E-state index in [-0.39, 0.29) is 5.91 Å². The molecule has 0 spiro atoms. The number of carbonyl (C=O) groups excluding carboxylic acids is 1. The third-order valence-corrected chi connectivity index (χ3v) is 4.11. The summed E-state index contributed by atoms with van der Waals surface area (Å²) >= 11 is 1.60. The Bertz CT molecular complexity index is 791. The minimum atomic E-state index is -0.589. The van der Waals surface area contributed by atoms with Crippen LogP contribution in [-0.2, 0) is 11.3 Å². The predicted octanol–water partition coefficient (Wildman–Crippen LogP) is 3.29. The minimum absolute atomic E-state index is 0.194. The van der Waals surface area contributed by atoms with E-state index < -0.39 is 6.10 Å². The first kappa shape index (κ1) is 16.1. The smallest absolute Gasteiger partial charge is 0.261 e. The molecular formula is C18H17N3O2S. The molecule has 2 heterocycles. The summed E-state index contributed by atoms with van der Waals surface area (Å²) in [7, 11) is 0. The van der Waals surface area contributed by atoms with Gasteiger partial charge in [0.2, 0.25) is 0 Å². The van der Waals surface area contributed by atoms with E-state index in [4.69, 9.17) is 4.74 Å². The monoisotopic (exact) mass is 339 g/mol. The van der Waals surface area contributed by atoms with Gasteiger partial charge in [-0.05, 0) is 30.5 Å². The highest BCUT2D eigenvalue weighted by Gasteiger charge is 2.16. The number of nitrogens with one attached hydrogen (secondary N) is 1. The molecule has 0 aliphatic heterocycles. The van der Waals surface area contributed by atoms with Crippen LogP contribution in [-0.4, -0.2) is 22.0 Å². The van der Waals surface area contributed by atoms with Gasteiger partial charge in [0.05, 0.1) is 17.9 Å². The molecule has 1 N–H and O–H groups in total. The van der Waals surface area contributed by atoms with Crippen molar-refractivity contribution in [3.8, 4) is 17.0 Å². The van der Waals surface area contributed by atoms with Crippen molar-refractivity contribution in [3.05, 3.63) is 65.2 Å². The lowest BCUT2D eigenvalue weighted by Gasteiger charge is -2.15. The van der Waals surface area contributed by atoms with Gasteiger partial charge in [-0.3, -0.25) is 14.8 Å². The van der Waals surface area contributed by atoms with Crippen LogP contribution < -0.4 is 10.1 Å². The van der Waals surface area contributed by atoms with Crippen LogP contribution in [0.2, 0.25) is 0 Å². The maximum Gasteiger partial charge on any atom is 0.261 e. The van der Waals surface area contributed by atoms with Crippen molar-refractivity contribution >= 4 is 17.2 Å². The molecule has 0 unspecified atom stereocenters. The molecule has 0 aliphatic carbocycles. The van der Waals surface area contributed by atoms with Gasteiger partial charge in [-0.25, -0.2) is 0 Å². The van der Waals surface area contributed by atoms with E-state index in [1.807, 2.05) is 47.2 Å². The standard InChI is InChI=1S/C18H17N3O2S/c1-13(23-15-5-3-2-4-6-15)18(22)21-11-16-17(20-9-8-19-16)14-7-10-24-12-14/h2-10,12-13H,11H2,1H3,(H,21,22)/t13-/m0/s1. The number of aromatic nitrogens is 2. The van der Waals surface area contributed by atoms with E-state index in [1.54, 1.807) is 30.7 Å². The van der Waals surface area contributed by atoms with Gasteiger partial charge in [-0.2, -0.15) is 11.3 Å². The molecule has 1 amide bonds. The van der Waals surface area contributed by atoms with Gasteiger partial charge in [0.15, 0.2) is 6.10 Å². The molecule has 0 saturated heterocycles. The van der Waals surface area contributed by atoms with Gasteiger partial charge in [0.25, 0.3) is 5.91 Å². The fourth-order valence-corrected chi connectivity index (χ4v) is 2.85. The summed E-state index contributed by atoms with van der Waals surface area (Å²) in [5.41, 5.74) is 2.53. The summed E-state index contributed by atoms with van der Waals surface area (Å²) in [6.45, 7) is 2.03. The van der Waals surface area contributed by atoms with Crippen LogP contribution >= 0.6 is 11.3 Å². The van der Waals surface area contributed by atoms with E-state index in [2.05, 4.69) is 15.3 Å². The summed E-state index contributed by atoms with van der Waals surface area (Å²) in [6, 6.07) is 11.3. The van der Waals surface area contributed by atoms with E-state index in [9.17, 15) is 4.79 Å². The second kappa shape index (κ2) is 7.70. The first-order valence-corrected chi connectivity index (χ1v) is 8.50. The highest BCUT2D eigenvalue weighted by molar-refractivity contribution is 7.08. The summed E-state index contributed by atoms with van der Waals surface area (Å²) in [5, 5.41) is 6.86. The third-order valence-electron chi connectivity index (χ3n) is 3.42. The summed E-state index contributed by atoms with van der Waals surface area (Å²) in [4.78, 5) is 20.9. The van der Waals surface area contributed by atoms with Crippen LogP contribution in [0.5, 0.6) is 5.75 Å². The molecule has 3 aromatic rings. The maximum absolute atomic E-state index is 12.2. The zero-order valence-electron chi connectivity index (χ0n) is 13.2. The Morgan fingerprint density at radius 3 is 2.75 bits per heavy atom. The van der Waals surface area contributed by atoms with Gasteiger partial charge in [0, 0.05) is 23.3 Å². The van der Waals surface area contributed by atoms with Crippen LogP contribution in [0.3, 0.4) is 0 Å². The minimum Gasteiger partial charge on any atom is -0.481 e. The molecule has 0 radical (unpaired) electrons. The van der Waals surface area contributed by atoms with Crippen LogP contribution in [0, 0.1) is 0 Å². The van der Waals surface area contributed by atoms with Crippen molar-refractivity contribution in [3.63, 3.8) is 0 Å². The topological polar surface area (TPSA) is 64.1 Å². The fraction of sp³-hybridized carbons (Fsp3) is 0.167. The van der Waals surface area contributed by atoms with Gasteiger partial charge in [-0.15, -0.1) is 0 Å². The Labute approximate surface area is 144 Å². The molecule has 1 aromatic carbocycles. The van der Waals surface area contributed by atoms with E-state index in [0.717, 1.165) is 17.0 Å². The normalized spacial score (nSPS) is 11.7. The highest BCUT2D eigenvalue weighted by atomic mass is 32.1. The van der Waals surface area contributed by atoms with Crippen molar-refractivity contribution in [1.82, 2.24) is 15.3 Å². The second-order valence-corrected chi connectivity index (χ2v) is 5.93. The molecule has 0 saturated carbocycles. The number of hydrogen-bond acceptors (Lipinski definition) is 5. The first-order chi connectivity index (χ1) is 11.7. The highest BCUT2D eigenvalue weighted by Crippen LogP contribution is 2.22. The Balaban J connectivity index is 1.63. The zero-order chi connectivity index (χ0) is 16.8. The van der Waals surface area contributed by atoms with Crippen LogP contribution in [0.4, 0.5) is 0 Å².